The molecule has 0 aliphatic carbocycles. The van der Waals surface area contributed by atoms with Crippen LogP contribution in [0.15, 0.2) is 0 Å². The summed E-state index contributed by atoms with van der Waals surface area (Å²) in [4.78, 5) is 10.9. The van der Waals surface area contributed by atoms with E-state index in [9.17, 15) is 4.79 Å². The number of amides is 1. The number of unbranched alkanes of at least 4 members (excludes halogenated alkanes) is 3. The van der Waals surface area contributed by atoms with Gasteiger partial charge < -0.3 is 15.2 Å². The second-order valence-corrected chi connectivity index (χ2v) is 3.43. The monoisotopic (exact) mass is 203 g/mol. The van der Waals surface area contributed by atoms with Crippen LogP contribution in [0.2, 0.25) is 0 Å². The summed E-state index contributed by atoms with van der Waals surface area (Å²) in [5.74, 6) is 0. The van der Waals surface area contributed by atoms with Crippen molar-refractivity contribution in [3.63, 3.8) is 0 Å². The molecule has 0 aromatic carbocycles. The van der Waals surface area contributed by atoms with Gasteiger partial charge >= 0.3 is 6.09 Å². The molecule has 4 nitrogen and oxygen atoms in total. The van der Waals surface area contributed by atoms with E-state index in [0.29, 0.717) is 6.61 Å². The third-order valence-electron chi connectivity index (χ3n) is 1.77. The number of hydrogen-bond donors (Lipinski definition) is 2. The first-order valence-electron chi connectivity index (χ1n) is 5.25. The molecule has 0 radical (unpaired) electrons. The van der Waals surface area contributed by atoms with E-state index >= 15 is 0 Å². The quantitative estimate of drug-likeness (QED) is 0.619. The number of carbonyl (C=O) groups excluding carboxylic acids is 1. The lowest BCUT2D eigenvalue weighted by Crippen LogP contribution is -2.31. The molecule has 0 bridgehead atoms. The fourth-order valence-electron chi connectivity index (χ4n) is 0.976. The van der Waals surface area contributed by atoms with Gasteiger partial charge in [-0.25, -0.2) is 4.79 Å². The number of carbonyl (C=O) groups is 1. The Morgan fingerprint density at radius 1 is 1.43 bits per heavy atom. The van der Waals surface area contributed by atoms with Gasteiger partial charge in [-0.1, -0.05) is 26.2 Å². The smallest absolute Gasteiger partial charge is 0.407 e. The minimum Gasteiger partial charge on any atom is -0.450 e. The van der Waals surface area contributed by atoms with Crippen LogP contribution in [0.4, 0.5) is 4.79 Å². The minimum atomic E-state index is -0.525. The Morgan fingerprint density at radius 2 is 2.14 bits per heavy atom. The van der Waals surface area contributed by atoms with Gasteiger partial charge in [0.05, 0.1) is 12.7 Å². The molecule has 0 saturated heterocycles. The van der Waals surface area contributed by atoms with Crippen molar-refractivity contribution in [3.05, 3.63) is 0 Å². The summed E-state index contributed by atoms with van der Waals surface area (Å²) in [5, 5.41) is 11.3. The van der Waals surface area contributed by atoms with Crippen LogP contribution in [0, 0.1) is 0 Å². The van der Waals surface area contributed by atoms with E-state index in [0.717, 1.165) is 12.8 Å². The summed E-state index contributed by atoms with van der Waals surface area (Å²) < 4.78 is 4.88. The Hall–Kier alpha value is -0.770. The Labute approximate surface area is 85.6 Å². The van der Waals surface area contributed by atoms with Crippen molar-refractivity contribution in [2.24, 2.45) is 0 Å². The molecule has 4 heteroatoms. The molecular formula is C10H21NO3. The molecule has 0 aromatic rings. The van der Waals surface area contributed by atoms with Crippen LogP contribution in [0.1, 0.15) is 39.5 Å². The second-order valence-electron chi connectivity index (χ2n) is 3.43. The molecule has 84 valence electrons. The predicted molar refractivity (Wildman–Crippen MR) is 55.2 cm³/mol. The van der Waals surface area contributed by atoms with Crippen molar-refractivity contribution in [1.82, 2.24) is 5.32 Å². The van der Waals surface area contributed by atoms with Gasteiger partial charge in [0, 0.05) is 6.54 Å². The zero-order valence-electron chi connectivity index (χ0n) is 9.08. The summed E-state index contributed by atoms with van der Waals surface area (Å²) in [6.45, 7) is 4.46. The largest absolute Gasteiger partial charge is 0.450 e. The normalized spacial score (nSPS) is 12.2. The standard InChI is InChI=1S/C10H21NO3/c1-3-4-5-6-7-14-10(13)11-8-9(2)12/h9,12H,3-8H2,1-2H3,(H,11,13). The Balaban J connectivity index is 3.18. The van der Waals surface area contributed by atoms with E-state index in [1.165, 1.54) is 12.8 Å². The molecule has 0 aliphatic rings. The average Bonchev–Trinajstić information content (AvgIpc) is 2.14. The van der Waals surface area contributed by atoms with E-state index in [2.05, 4.69) is 12.2 Å². The number of aliphatic hydroxyl groups is 1. The van der Waals surface area contributed by atoms with Crippen LogP contribution >= 0.6 is 0 Å². The molecular weight excluding hydrogens is 182 g/mol. The fraction of sp³-hybridized carbons (Fsp3) is 0.900. The van der Waals surface area contributed by atoms with Gasteiger partial charge in [-0.15, -0.1) is 0 Å². The first-order chi connectivity index (χ1) is 6.66. The highest BCUT2D eigenvalue weighted by atomic mass is 16.5. The Kier molecular flexibility index (Phi) is 8.33. The van der Waals surface area contributed by atoms with E-state index in [-0.39, 0.29) is 6.54 Å². The number of rotatable bonds is 7. The fourth-order valence-corrected chi connectivity index (χ4v) is 0.976. The van der Waals surface area contributed by atoms with Crippen molar-refractivity contribution in [2.75, 3.05) is 13.2 Å². The molecule has 0 rings (SSSR count). The molecule has 1 amide bonds. The van der Waals surface area contributed by atoms with Gasteiger partial charge in [-0.05, 0) is 13.3 Å². The van der Waals surface area contributed by atoms with Gasteiger partial charge in [0.1, 0.15) is 0 Å². The number of alkyl carbamates (subject to hydrolysis) is 1. The number of aliphatic hydroxyl groups excluding tert-OH is 1. The van der Waals surface area contributed by atoms with E-state index in [1.54, 1.807) is 6.92 Å². The molecule has 0 fully saturated rings. The molecule has 0 heterocycles. The molecule has 1 unspecified atom stereocenters. The molecule has 1 atom stereocenters. The lowest BCUT2D eigenvalue weighted by molar-refractivity contribution is 0.133. The summed E-state index contributed by atoms with van der Waals surface area (Å²) in [6.07, 6.45) is 3.40. The summed E-state index contributed by atoms with van der Waals surface area (Å²) >= 11 is 0. The highest BCUT2D eigenvalue weighted by Crippen LogP contribution is 1.98. The van der Waals surface area contributed by atoms with E-state index in [4.69, 9.17) is 9.84 Å². The summed E-state index contributed by atoms with van der Waals surface area (Å²) in [5.41, 5.74) is 0. The number of ether oxygens (including phenoxy) is 1. The predicted octanol–water partition coefficient (Wildman–Crippen LogP) is 1.67. The highest BCUT2D eigenvalue weighted by molar-refractivity contribution is 5.67. The molecule has 0 aliphatic heterocycles. The number of hydrogen-bond acceptors (Lipinski definition) is 3. The zero-order chi connectivity index (χ0) is 10.8. The maximum Gasteiger partial charge on any atom is 0.407 e. The zero-order valence-corrected chi connectivity index (χ0v) is 9.08. The minimum absolute atomic E-state index is 0.244. The lowest BCUT2D eigenvalue weighted by atomic mass is 10.2. The maximum atomic E-state index is 10.9. The Morgan fingerprint density at radius 3 is 2.71 bits per heavy atom. The molecule has 2 N–H and O–H groups in total. The van der Waals surface area contributed by atoms with Crippen molar-refractivity contribution >= 4 is 6.09 Å². The van der Waals surface area contributed by atoms with Gasteiger partial charge in [0.25, 0.3) is 0 Å². The van der Waals surface area contributed by atoms with E-state index in [1.807, 2.05) is 0 Å². The highest BCUT2D eigenvalue weighted by Gasteiger charge is 2.02. The molecule has 0 saturated carbocycles. The maximum absolute atomic E-state index is 10.9. The van der Waals surface area contributed by atoms with Gasteiger partial charge in [-0.3, -0.25) is 0 Å². The van der Waals surface area contributed by atoms with Crippen molar-refractivity contribution in [3.8, 4) is 0 Å². The average molecular weight is 203 g/mol. The third kappa shape index (κ3) is 9.32. The van der Waals surface area contributed by atoms with Crippen LogP contribution < -0.4 is 5.32 Å². The van der Waals surface area contributed by atoms with E-state index < -0.39 is 12.2 Å². The second kappa shape index (κ2) is 8.81. The SMILES string of the molecule is CCCCCCOC(=O)NCC(C)O. The van der Waals surface area contributed by atoms with Crippen molar-refractivity contribution in [1.29, 1.82) is 0 Å². The molecule has 14 heavy (non-hydrogen) atoms. The van der Waals surface area contributed by atoms with Gasteiger partial charge in [0.15, 0.2) is 0 Å². The number of nitrogens with one attached hydrogen (secondary N) is 1. The lowest BCUT2D eigenvalue weighted by Gasteiger charge is -2.07. The molecule has 0 aromatic heterocycles. The van der Waals surface area contributed by atoms with Crippen molar-refractivity contribution < 1.29 is 14.6 Å². The van der Waals surface area contributed by atoms with Crippen molar-refractivity contribution in [2.45, 2.75) is 45.6 Å². The van der Waals surface area contributed by atoms with Gasteiger partial charge in [0.2, 0.25) is 0 Å². The van der Waals surface area contributed by atoms with Crippen LogP contribution in [0.25, 0.3) is 0 Å². The van der Waals surface area contributed by atoms with Gasteiger partial charge in [-0.2, -0.15) is 0 Å². The summed E-state index contributed by atoms with van der Waals surface area (Å²) in [7, 11) is 0. The van der Waals surface area contributed by atoms with Crippen LogP contribution in [-0.4, -0.2) is 30.5 Å². The molecule has 0 spiro atoms. The first-order valence-corrected chi connectivity index (χ1v) is 5.25. The van der Waals surface area contributed by atoms with Crippen LogP contribution in [-0.2, 0) is 4.74 Å². The summed E-state index contributed by atoms with van der Waals surface area (Å²) in [6, 6.07) is 0. The topological polar surface area (TPSA) is 58.6 Å². The third-order valence-corrected chi connectivity index (χ3v) is 1.77. The van der Waals surface area contributed by atoms with Crippen LogP contribution in [0.3, 0.4) is 0 Å². The Bertz CT molecular complexity index is 148. The first kappa shape index (κ1) is 13.2. The van der Waals surface area contributed by atoms with Crippen LogP contribution in [0.5, 0.6) is 0 Å².